The molecule has 33 heavy (non-hydrogen) atoms. The van der Waals surface area contributed by atoms with Crippen molar-refractivity contribution in [2.45, 2.75) is 80.2 Å². The Labute approximate surface area is 196 Å². The Bertz CT molecular complexity index is 829. The maximum atomic E-state index is 13.0. The lowest BCUT2D eigenvalue weighted by Crippen LogP contribution is -2.86. The van der Waals surface area contributed by atoms with Gasteiger partial charge in [0.15, 0.2) is 0 Å². The van der Waals surface area contributed by atoms with Gasteiger partial charge in [-0.05, 0) is 38.1 Å². The summed E-state index contributed by atoms with van der Waals surface area (Å²) in [4.78, 5) is 2.32. The average Bonchev–Trinajstić information content (AvgIpc) is 3.25. The highest BCUT2D eigenvalue weighted by atomic mass is 16.5. The Balaban J connectivity index is 1.70. The van der Waals surface area contributed by atoms with Gasteiger partial charge in [-0.1, -0.05) is 6.92 Å². The number of methoxy groups -OCH3 is 4. The van der Waals surface area contributed by atoms with Crippen molar-refractivity contribution in [3.05, 3.63) is 0 Å². The summed E-state index contributed by atoms with van der Waals surface area (Å²) in [5, 5.41) is 37.8. The van der Waals surface area contributed by atoms with Crippen molar-refractivity contribution in [3.8, 4) is 0 Å². The van der Waals surface area contributed by atoms with E-state index in [9.17, 15) is 15.3 Å². The molecule has 1 heterocycles. The molecule has 1 saturated heterocycles. The Morgan fingerprint density at radius 2 is 1.82 bits per heavy atom. The third-order valence-electron chi connectivity index (χ3n) is 11.6. The van der Waals surface area contributed by atoms with E-state index in [-0.39, 0.29) is 29.3 Å². The highest BCUT2D eigenvalue weighted by molar-refractivity contribution is 5.44. The molecule has 188 valence electrons. The fraction of sp³-hybridized carbons (Fsp3) is 1.00. The van der Waals surface area contributed by atoms with Crippen LogP contribution in [-0.2, 0) is 18.9 Å². The van der Waals surface area contributed by atoms with Crippen LogP contribution in [0.5, 0.6) is 0 Å². The van der Waals surface area contributed by atoms with Crippen LogP contribution < -0.4 is 0 Å². The number of fused-ring (bicyclic) bond motifs is 2. The molecule has 0 aromatic carbocycles. The van der Waals surface area contributed by atoms with Crippen LogP contribution in [0.4, 0.5) is 0 Å². The van der Waals surface area contributed by atoms with Gasteiger partial charge in [0.2, 0.25) is 0 Å². The molecule has 5 saturated carbocycles. The summed E-state index contributed by atoms with van der Waals surface area (Å²) in [6.45, 7) is 4.14. The topological polar surface area (TPSA) is 101 Å². The number of ether oxygens (including phenoxy) is 4. The SMILES string of the molecule is CCN1CC2(COC)CCC(O)C34[C@@H]2[C@H](OC)C(O)([C@@H]13)C1(O)C[C@H](OC)[C@H]2C[C@@H]4C1(OC)C2. The van der Waals surface area contributed by atoms with E-state index in [1.807, 2.05) is 0 Å². The van der Waals surface area contributed by atoms with Gasteiger partial charge in [-0.15, -0.1) is 0 Å². The number of likely N-dealkylation sites (tertiary alicyclic amines) is 1. The van der Waals surface area contributed by atoms with E-state index in [4.69, 9.17) is 18.9 Å². The van der Waals surface area contributed by atoms with Gasteiger partial charge < -0.3 is 34.3 Å². The Morgan fingerprint density at radius 1 is 1.06 bits per heavy atom. The minimum absolute atomic E-state index is 0.110. The highest BCUT2D eigenvalue weighted by Gasteiger charge is 2.94. The van der Waals surface area contributed by atoms with E-state index in [0.717, 1.165) is 25.9 Å². The smallest absolute Gasteiger partial charge is 0.138 e. The Hall–Kier alpha value is -0.320. The monoisotopic (exact) mass is 467 g/mol. The molecule has 0 aromatic heterocycles. The number of aliphatic hydroxyl groups is 3. The standard InChI is InChI=1S/C25H41NO7/c1-6-26-12-21(13-30-2)8-7-17(27)24-16-9-14-10-22(16,33-5)23(28,11-15(14)31-3)25(29,20(24)26)19(32-4)18(21)24/h14-20,27-29H,6-13H2,1-5H3/t14-,15-,16+,17?,18+,19-,20-,21?,22?,23?,24?,25?/m0/s1. The lowest BCUT2D eigenvalue weighted by atomic mass is 9.41. The summed E-state index contributed by atoms with van der Waals surface area (Å²) in [7, 11) is 6.75. The molecule has 1 aliphatic heterocycles. The molecular weight excluding hydrogens is 426 g/mol. The van der Waals surface area contributed by atoms with Gasteiger partial charge in [0, 0.05) is 64.1 Å². The van der Waals surface area contributed by atoms with Crippen LogP contribution in [-0.4, -0.2) is 110 Å². The van der Waals surface area contributed by atoms with Crippen LogP contribution >= 0.6 is 0 Å². The molecule has 12 atom stereocenters. The first-order chi connectivity index (χ1) is 15.7. The molecule has 0 radical (unpaired) electrons. The minimum Gasteiger partial charge on any atom is -0.392 e. The summed E-state index contributed by atoms with van der Waals surface area (Å²) in [5.74, 6) is -0.0235. The minimum atomic E-state index is -1.61. The van der Waals surface area contributed by atoms with Crippen molar-refractivity contribution >= 4 is 0 Å². The van der Waals surface area contributed by atoms with Crippen LogP contribution in [0.25, 0.3) is 0 Å². The molecule has 6 fully saturated rings. The van der Waals surface area contributed by atoms with E-state index >= 15 is 0 Å². The summed E-state index contributed by atoms with van der Waals surface area (Å²) in [6.07, 6.45) is 1.79. The lowest BCUT2D eigenvalue weighted by Gasteiger charge is -2.71. The number of hydrogen-bond acceptors (Lipinski definition) is 8. The predicted molar refractivity (Wildman–Crippen MR) is 119 cm³/mol. The molecule has 7 bridgehead atoms. The number of rotatable bonds is 6. The van der Waals surface area contributed by atoms with Gasteiger partial charge in [-0.2, -0.15) is 0 Å². The van der Waals surface area contributed by atoms with Crippen molar-refractivity contribution < 1.29 is 34.3 Å². The zero-order valence-corrected chi connectivity index (χ0v) is 20.6. The first-order valence-corrected chi connectivity index (χ1v) is 12.7. The molecular formula is C25H41NO7. The van der Waals surface area contributed by atoms with E-state index in [2.05, 4.69) is 11.8 Å². The largest absolute Gasteiger partial charge is 0.392 e. The zero-order chi connectivity index (χ0) is 23.6. The Kier molecular flexibility index (Phi) is 4.84. The quantitative estimate of drug-likeness (QED) is 0.517. The Morgan fingerprint density at radius 3 is 2.42 bits per heavy atom. The molecule has 8 heteroatoms. The molecule has 3 N–H and O–H groups in total. The molecule has 8 nitrogen and oxygen atoms in total. The van der Waals surface area contributed by atoms with Gasteiger partial charge in [0.1, 0.15) is 16.8 Å². The maximum Gasteiger partial charge on any atom is 0.138 e. The maximum absolute atomic E-state index is 13.0. The fourth-order valence-corrected chi connectivity index (χ4v) is 11.0. The fourth-order valence-electron chi connectivity index (χ4n) is 11.0. The first kappa shape index (κ1) is 23.1. The van der Waals surface area contributed by atoms with Crippen molar-refractivity contribution in [2.75, 3.05) is 48.1 Å². The number of nitrogens with zero attached hydrogens (tertiary/aromatic N) is 1. The van der Waals surface area contributed by atoms with Crippen molar-refractivity contribution in [1.82, 2.24) is 4.90 Å². The number of aliphatic hydroxyl groups excluding tert-OH is 1. The third kappa shape index (κ3) is 2.09. The van der Waals surface area contributed by atoms with E-state index in [1.54, 1.807) is 28.4 Å². The molecule has 6 rings (SSSR count). The average molecular weight is 468 g/mol. The normalized spacial score (nSPS) is 60.9. The van der Waals surface area contributed by atoms with Crippen LogP contribution in [0.15, 0.2) is 0 Å². The summed E-state index contributed by atoms with van der Waals surface area (Å²) >= 11 is 0. The predicted octanol–water partition coefficient (Wildman–Crippen LogP) is 0.415. The van der Waals surface area contributed by atoms with E-state index in [0.29, 0.717) is 25.9 Å². The molecule has 0 aromatic rings. The van der Waals surface area contributed by atoms with Crippen LogP contribution in [0, 0.1) is 28.6 Å². The number of piperidine rings is 1. The number of likely N-dealkylation sites (N-methyl/N-ethyl adjacent to an activating group) is 1. The summed E-state index contributed by atoms with van der Waals surface area (Å²) < 4.78 is 24.3. The van der Waals surface area contributed by atoms with Crippen LogP contribution in [0.1, 0.15) is 39.0 Å². The first-order valence-electron chi connectivity index (χ1n) is 12.7. The van der Waals surface area contributed by atoms with Crippen molar-refractivity contribution in [2.24, 2.45) is 28.6 Å². The summed E-state index contributed by atoms with van der Waals surface area (Å²) in [5.41, 5.74) is -5.04. The zero-order valence-electron chi connectivity index (χ0n) is 20.6. The lowest BCUT2D eigenvalue weighted by molar-refractivity contribution is -0.358. The van der Waals surface area contributed by atoms with Crippen LogP contribution in [0.2, 0.25) is 0 Å². The third-order valence-corrected chi connectivity index (χ3v) is 11.6. The van der Waals surface area contributed by atoms with Gasteiger partial charge in [0.05, 0.1) is 31.0 Å². The van der Waals surface area contributed by atoms with Gasteiger partial charge in [0.25, 0.3) is 0 Å². The van der Waals surface area contributed by atoms with Crippen molar-refractivity contribution in [1.29, 1.82) is 0 Å². The van der Waals surface area contributed by atoms with Crippen molar-refractivity contribution in [3.63, 3.8) is 0 Å². The second kappa shape index (κ2) is 6.91. The molecule has 5 aliphatic carbocycles. The molecule has 6 aliphatic rings. The van der Waals surface area contributed by atoms with Gasteiger partial charge >= 0.3 is 0 Å². The van der Waals surface area contributed by atoms with Crippen LogP contribution in [0.3, 0.4) is 0 Å². The number of hydrogen-bond donors (Lipinski definition) is 3. The molecule has 1 spiro atoms. The van der Waals surface area contributed by atoms with Gasteiger partial charge in [-0.3, -0.25) is 4.90 Å². The van der Waals surface area contributed by atoms with Gasteiger partial charge in [-0.25, -0.2) is 0 Å². The molecule has 0 amide bonds. The van der Waals surface area contributed by atoms with E-state index in [1.165, 1.54) is 0 Å². The second-order valence-electron chi connectivity index (χ2n) is 12.0. The highest BCUT2D eigenvalue weighted by Crippen LogP contribution is 2.81. The molecule has 6 unspecified atom stereocenters. The van der Waals surface area contributed by atoms with E-state index < -0.39 is 40.5 Å². The second-order valence-corrected chi connectivity index (χ2v) is 12.0. The summed E-state index contributed by atoms with van der Waals surface area (Å²) in [6, 6.07) is -0.419.